The van der Waals surface area contributed by atoms with Gasteiger partial charge in [-0.3, -0.25) is 9.59 Å². The highest BCUT2D eigenvalue weighted by atomic mass is 32.2. The summed E-state index contributed by atoms with van der Waals surface area (Å²) < 4.78 is 28.3. The van der Waals surface area contributed by atoms with Crippen LogP contribution in [-0.4, -0.2) is 44.4 Å². The smallest absolute Gasteiger partial charge is 0.258 e. The second-order valence-electron chi connectivity index (χ2n) is 6.65. The van der Waals surface area contributed by atoms with Gasteiger partial charge in [0.15, 0.2) is 16.4 Å². The summed E-state index contributed by atoms with van der Waals surface area (Å²) >= 11 is 0. The maximum Gasteiger partial charge on any atom is 0.258 e. The molecule has 2 amide bonds. The van der Waals surface area contributed by atoms with E-state index >= 15 is 0 Å². The Morgan fingerprint density at radius 2 is 1.86 bits per heavy atom. The first-order chi connectivity index (χ1) is 13.4. The monoisotopic (exact) mass is 402 g/mol. The lowest BCUT2D eigenvalue weighted by molar-refractivity contribution is -0.123. The summed E-state index contributed by atoms with van der Waals surface area (Å²) in [6.07, 6.45) is 0.422. The molecule has 0 radical (unpaired) electrons. The van der Waals surface area contributed by atoms with E-state index in [1.165, 1.54) is 0 Å². The van der Waals surface area contributed by atoms with Gasteiger partial charge in [0.1, 0.15) is 5.75 Å². The minimum Gasteiger partial charge on any atom is -0.484 e. The molecule has 1 saturated heterocycles. The van der Waals surface area contributed by atoms with Gasteiger partial charge in [-0.05, 0) is 30.2 Å². The zero-order valence-corrected chi connectivity index (χ0v) is 16.1. The van der Waals surface area contributed by atoms with Gasteiger partial charge < -0.3 is 15.4 Å². The van der Waals surface area contributed by atoms with Crippen molar-refractivity contribution in [2.75, 3.05) is 18.1 Å². The van der Waals surface area contributed by atoms with E-state index in [0.717, 1.165) is 5.56 Å². The first-order valence-corrected chi connectivity index (χ1v) is 10.8. The van der Waals surface area contributed by atoms with Gasteiger partial charge in [-0.2, -0.15) is 0 Å². The molecule has 1 aliphatic rings. The Bertz CT molecular complexity index is 944. The lowest BCUT2D eigenvalue weighted by atomic mass is 10.2. The molecule has 8 heteroatoms. The number of hydrogen-bond acceptors (Lipinski definition) is 5. The molecule has 0 aromatic heterocycles. The number of sulfone groups is 1. The molecule has 1 heterocycles. The second kappa shape index (κ2) is 8.88. The number of carbonyl (C=O) groups is 2. The summed E-state index contributed by atoms with van der Waals surface area (Å²) in [6.45, 7) is 0.170. The first-order valence-electron chi connectivity index (χ1n) is 8.96. The highest BCUT2D eigenvalue weighted by Gasteiger charge is 2.28. The summed E-state index contributed by atoms with van der Waals surface area (Å²) in [6, 6.07) is 15.8. The lowest BCUT2D eigenvalue weighted by Crippen LogP contribution is -2.38. The zero-order valence-electron chi connectivity index (χ0n) is 15.3. The van der Waals surface area contributed by atoms with Gasteiger partial charge in [0, 0.05) is 18.2 Å². The average Bonchev–Trinajstić information content (AvgIpc) is 3.03. The van der Waals surface area contributed by atoms with Crippen LogP contribution in [0.5, 0.6) is 5.75 Å². The predicted octanol–water partition coefficient (Wildman–Crippen LogP) is 1.30. The second-order valence-corrected chi connectivity index (χ2v) is 8.88. The van der Waals surface area contributed by atoms with E-state index in [2.05, 4.69) is 10.6 Å². The number of rotatable bonds is 7. The van der Waals surface area contributed by atoms with Crippen LogP contribution >= 0.6 is 0 Å². The Labute approximate surface area is 164 Å². The van der Waals surface area contributed by atoms with E-state index in [0.29, 0.717) is 24.3 Å². The van der Waals surface area contributed by atoms with Crippen molar-refractivity contribution in [2.45, 2.75) is 19.0 Å². The van der Waals surface area contributed by atoms with Crippen molar-refractivity contribution < 1.29 is 22.7 Å². The summed E-state index contributed by atoms with van der Waals surface area (Å²) in [7, 11) is -3.05. The quantitative estimate of drug-likeness (QED) is 0.727. The largest absolute Gasteiger partial charge is 0.484 e. The van der Waals surface area contributed by atoms with E-state index in [4.69, 9.17) is 4.74 Å². The highest BCUT2D eigenvalue weighted by Crippen LogP contribution is 2.14. The molecule has 1 aliphatic heterocycles. The summed E-state index contributed by atoms with van der Waals surface area (Å²) in [4.78, 5) is 24.2. The van der Waals surface area contributed by atoms with Crippen LogP contribution < -0.4 is 15.4 Å². The molecule has 7 nitrogen and oxygen atoms in total. The molecule has 0 aliphatic carbocycles. The summed E-state index contributed by atoms with van der Waals surface area (Å²) in [5.74, 6) is -0.174. The van der Waals surface area contributed by atoms with Crippen LogP contribution in [0.1, 0.15) is 22.3 Å². The molecule has 0 saturated carbocycles. The fraction of sp³-hybridized carbons (Fsp3) is 0.300. The van der Waals surface area contributed by atoms with Crippen LogP contribution in [-0.2, 0) is 21.2 Å². The van der Waals surface area contributed by atoms with E-state index in [9.17, 15) is 18.0 Å². The number of benzene rings is 2. The van der Waals surface area contributed by atoms with E-state index < -0.39 is 9.84 Å². The third-order valence-corrected chi connectivity index (χ3v) is 6.13. The van der Waals surface area contributed by atoms with Crippen molar-refractivity contribution >= 4 is 21.7 Å². The average molecular weight is 402 g/mol. The van der Waals surface area contributed by atoms with E-state index in [1.54, 1.807) is 24.3 Å². The van der Waals surface area contributed by atoms with Crippen LogP contribution in [0.2, 0.25) is 0 Å². The fourth-order valence-electron chi connectivity index (χ4n) is 2.93. The predicted molar refractivity (Wildman–Crippen MR) is 105 cm³/mol. The van der Waals surface area contributed by atoms with Crippen molar-refractivity contribution in [3.8, 4) is 5.75 Å². The molecule has 2 aromatic carbocycles. The van der Waals surface area contributed by atoms with Crippen LogP contribution in [0.4, 0.5) is 0 Å². The normalized spacial score (nSPS) is 17.6. The summed E-state index contributed by atoms with van der Waals surface area (Å²) in [5.41, 5.74) is 1.42. The zero-order chi connectivity index (χ0) is 20.0. The molecular formula is C20H22N2O5S. The van der Waals surface area contributed by atoms with Crippen LogP contribution in [0.3, 0.4) is 0 Å². The molecule has 2 N–H and O–H groups in total. The SMILES string of the molecule is O=C(COc1cccc(C(=O)NCc2ccccc2)c1)N[C@@H]1CCS(=O)(=O)C1. The van der Waals surface area contributed by atoms with Crippen molar-refractivity contribution in [1.82, 2.24) is 10.6 Å². The fourth-order valence-corrected chi connectivity index (χ4v) is 4.61. The molecule has 0 spiro atoms. The molecule has 0 bridgehead atoms. The molecule has 2 aromatic rings. The minimum atomic E-state index is -3.05. The molecule has 28 heavy (non-hydrogen) atoms. The lowest BCUT2D eigenvalue weighted by Gasteiger charge is -2.12. The Morgan fingerprint density at radius 1 is 1.07 bits per heavy atom. The van der Waals surface area contributed by atoms with Gasteiger partial charge >= 0.3 is 0 Å². The molecule has 1 fully saturated rings. The Balaban J connectivity index is 1.49. The van der Waals surface area contributed by atoms with E-state index in [1.807, 2.05) is 30.3 Å². The third-order valence-electron chi connectivity index (χ3n) is 4.36. The van der Waals surface area contributed by atoms with Gasteiger partial charge in [-0.15, -0.1) is 0 Å². The van der Waals surface area contributed by atoms with Crippen LogP contribution in [0.25, 0.3) is 0 Å². The summed E-state index contributed by atoms with van der Waals surface area (Å²) in [5, 5.41) is 5.49. The van der Waals surface area contributed by atoms with Gasteiger partial charge in [0.25, 0.3) is 11.8 Å². The van der Waals surface area contributed by atoms with Gasteiger partial charge in [-0.1, -0.05) is 36.4 Å². The molecular weight excluding hydrogens is 380 g/mol. The Hall–Kier alpha value is -2.87. The molecule has 0 unspecified atom stereocenters. The van der Waals surface area contributed by atoms with Crippen molar-refractivity contribution in [3.63, 3.8) is 0 Å². The first kappa shape index (κ1) is 19.9. The van der Waals surface area contributed by atoms with Gasteiger partial charge in [0.2, 0.25) is 0 Å². The standard InChI is InChI=1S/C20H22N2O5S/c23-19(22-17-9-10-28(25,26)14-17)13-27-18-8-4-7-16(11-18)20(24)21-12-15-5-2-1-3-6-15/h1-8,11,17H,9-10,12-14H2,(H,21,24)(H,22,23)/t17-/m1/s1. The van der Waals surface area contributed by atoms with Crippen LogP contribution in [0.15, 0.2) is 54.6 Å². The maximum absolute atomic E-state index is 12.3. The number of nitrogens with one attached hydrogen (secondary N) is 2. The Morgan fingerprint density at radius 3 is 2.57 bits per heavy atom. The molecule has 3 rings (SSSR count). The number of amides is 2. The third kappa shape index (κ3) is 5.82. The van der Waals surface area contributed by atoms with Gasteiger partial charge in [-0.25, -0.2) is 8.42 Å². The number of hydrogen-bond donors (Lipinski definition) is 2. The van der Waals surface area contributed by atoms with Gasteiger partial charge in [0.05, 0.1) is 11.5 Å². The highest BCUT2D eigenvalue weighted by molar-refractivity contribution is 7.91. The molecule has 1 atom stereocenters. The van der Waals surface area contributed by atoms with Crippen LogP contribution in [0, 0.1) is 0 Å². The van der Waals surface area contributed by atoms with Crippen molar-refractivity contribution in [1.29, 1.82) is 0 Å². The number of ether oxygens (including phenoxy) is 1. The van der Waals surface area contributed by atoms with Crippen molar-refractivity contribution in [3.05, 3.63) is 65.7 Å². The van der Waals surface area contributed by atoms with E-state index in [-0.39, 0.29) is 36.0 Å². The van der Waals surface area contributed by atoms with Crippen molar-refractivity contribution in [2.24, 2.45) is 0 Å². The minimum absolute atomic E-state index is 0.0319. The molecule has 148 valence electrons. The topological polar surface area (TPSA) is 102 Å². The Kier molecular flexibility index (Phi) is 6.30. The number of carbonyl (C=O) groups excluding carboxylic acids is 2. The maximum atomic E-state index is 12.3.